The van der Waals surface area contributed by atoms with Gasteiger partial charge >= 0.3 is 0 Å². The average Bonchev–Trinajstić information content (AvgIpc) is 2.82. The summed E-state index contributed by atoms with van der Waals surface area (Å²) in [7, 11) is 0. The minimum atomic E-state index is -0.540. The Kier molecular flexibility index (Phi) is 11.2. The van der Waals surface area contributed by atoms with Crippen molar-refractivity contribution in [2.45, 2.75) is 89.8 Å². The molecular weight excluding hydrogens is 304 g/mol. The summed E-state index contributed by atoms with van der Waals surface area (Å²) in [5.41, 5.74) is 0. The molecule has 1 saturated carbocycles. The van der Waals surface area contributed by atoms with Crippen molar-refractivity contribution in [2.75, 3.05) is 6.61 Å². The number of carbonyl (C=O) groups excluding carboxylic acids is 1. The molecule has 1 aliphatic rings. The number of hydrogen-bond donors (Lipinski definition) is 3. The molecule has 4 heteroatoms. The molecule has 24 heavy (non-hydrogen) atoms. The Bertz CT molecular complexity index is 367. The maximum Gasteiger partial charge on any atom is 0.142 e. The molecule has 0 radical (unpaired) electrons. The maximum absolute atomic E-state index is 12.1. The zero-order valence-corrected chi connectivity index (χ0v) is 15.2. The van der Waals surface area contributed by atoms with Crippen molar-refractivity contribution in [3.05, 3.63) is 12.2 Å². The molecule has 4 nitrogen and oxygen atoms in total. The second-order valence-corrected chi connectivity index (χ2v) is 7.16. The first-order chi connectivity index (χ1) is 11.6. The van der Waals surface area contributed by atoms with Gasteiger partial charge in [0.1, 0.15) is 5.78 Å². The first-order valence-electron chi connectivity index (χ1n) is 9.78. The lowest BCUT2D eigenvalue weighted by atomic mass is 9.88. The second-order valence-electron chi connectivity index (χ2n) is 7.16. The molecule has 0 aliphatic heterocycles. The van der Waals surface area contributed by atoms with Gasteiger partial charge in [0, 0.05) is 18.9 Å². The van der Waals surface area contributed by atoms with Gasteiger partial charge in [0.15, 0.2) is 0 Å². The summed E-state index contributed by atoms with van der Waals surface area (Å²) in [5.74, 6) is -0.141. The molecule has 0 aromatic heterocycles. The van der Waals surface area contributed by atoms with E-state index in [4.69, 9.17) is 5.11 Å². The molecule has 0 heterocycles. The second kappa shape index (κ2) is 12.6. The fourth-order valence-corrected chi connectivity index (χ4v) is 3.56. The minimum absolute atomic E-state index is 0.00515. The lowest BCUT2D eigenvalue weighted by Crippen LogP contribution is -2.19. The Morgan fingerprint density at radius 2 is 1.83 bits per heavy atom. The van der Waals surface area contributed by atoms with Gasteiger partial charge < -0.3 is 15.3 Å². The van der Waals surface area contributed by atoms with Crippen LogP contribution in [-0.4, -0.2) is 39.9 Å². The Morgan fingerprint density at radius 3 is 2.54 bits per heavy atom. The van der Waals surface area contributed by atoms with Crippen LogP contribution in [0.25, 0.3) is 0 Å². The summed E-state index contributed by atoms with van der Waals surface area (Å²) in [6.45, 7) is 2.39. The van der Waals surface area contributed by atoms with E-state index < -0.39 is 12.2 Å². The van der Waals surface area contributed by atoms with Gasteiger partial charge in [0.05, 0.1) is 12.2 Å². The molecule has 140 valence electrons. The molecule has 0 unspecified atom stereocenters. The number of carbonyl (C=O) groups is 1. The monoisotopic (exact) mass is 340 g/mol. The highest BCUT2D eigenvalue weighted by Gasteiger charge is 2.39. The Hall–Kier alpha value is -0.710. The van der Waals surface area contributed by atoms with Gasteiger partial charge in [0.25, 0.3) is 0 Å². The van der Waals surface area contributed by atoms with E-state index in [0.717, 1.165) is 64.2 Å². The van der Waals surface area contributed by atoms with Crippen molar-refractivity contribution in [3.8, 4) is 0 Å². The van der Waals surface area contributed by atoms with Crippen LogP contribution in [0.3, 0.4) is 0 Å². The topological polar surface area (TPSA) is 77.8 Å². The number of allylic oxidation sites excluding steroid dienone is 1. The van der Waals surface area contributed by atoms with Gasteiger partial charge in [-0.1, -0.05) is 64.0 Å². The van der Waals surface area contributed by atoms with Crippen LogP contribution in [0, 0.1) is 11.8 Å². The van der Waals surface area contributed by atoms with Crippen molar-refractivity contribution in [1.82, 2.24) is 0 Å². The first-order valence-corrected chi connectivity index (χ1v) is 9.78. The Morgan fingerprint density at radius 1 is 1.12 bits per heavy atom. The number of unbranched alkanes of at least 4 members (excludes halogenated alkanes) is 6. The molecule has 1 aliphatic carbocycles. The van der Waals surface area contributed by atoms with Crippen molar-refractivity contribution >= 4 is 5.78 Å². The van der Waals surface area contributed by atoms with Gasteiger partial charge in [-0.2, -0.15) is 0 Å². The fraction of sp³-hybridized carbons (Fsp3) is 0.850. The van der Waals surface area contributed by atoms with Crippen LogP contribution in [0.1, 0.15) is 77.6 Å². The number of rotatable bonds is 13. The number of aliphatic hydroxyl groups excluding tert-OH is 3. The van der Waals surface area contributed by atoms with E-state index in [1.54, 1.807) is 6.08 Å². The average molecular weight is 341 g/mol. The molecular formula is C20H36O4. The molecule has 0 aromatic carbocycles. The van der Waals surface area contributed by atoms with Crippen LogP contribution in [0.2, 0.25) is 0 Å². The quantitative estimate of drug-likeness (QED) is 0.355. The van der Waals surface area contributed by atoms with E-state index in [1.165, 1.54) is 0 Å². The highest BCUT2D eigenvalue weighted by atomic mass is 16.3. The number of aliphatic hydroxyl groups is 3. The molecule has 0 spiro atoms. The van der Waals surface area contributed by atoms with Gasteiger partial charge in [-0.05, 0) is 25.2 Å². The number of ketones is 1. The van der Waals surface area contributed by atoms with E-state index in [9.17, 15) is 15.0 Å². The largest absolute Gasteiger partial charge is 0.396 e. The van der Waals surface area contributed by atoms with Crippen molar-refractivity contribution in [3.63, 3.8) is 0 Å². The number of Topliss-reactive ketones (excluding diaryl/α,β-unsaturated/α-hetero) is 1. The molecule has 0 bridgehead atoms. The zero-order valence-electron chi connectivity index (χ0n) is 15.2. The van der Waals surface area contributed by atoms with E-state index in [1.807, 2.05) is 6.08 Å². The van der Waals surface area contributed by atoms with Gasteiger partial charge in [-0.25, -0.2) is 0 Å². The molecule has 1 rings (SSSR count). The molecule has 0 amide bonds. The predicted molar refractivity (Wildman–Crippen MR) is 96.7 cm³/mol. The van der Waals surface area contributed by atoms with Crippen LogP contribution in [-0.2, 0) is 4.79 Å². The van der Waals surface area contributed by atoms with E-state index >= 15 is 0 Å². The predicted octanol–water partition coefficient (Wildman–Crippen LogP) is 3.38. The summed E-state index contributed by atoms with van der Waals surface area (Å²) in [5, 5.41) is 28.9. The smallest absolute Gasteiger partial charge is 0.142 e. The number of hydrogen-bond acceptors (Lipinski definition) is 4. The minimum Gasteiger partial charge on any atom is -0.396 e. The molecule has 1 fully saturated rings. The molecule has 0 aromatic rings. The summed E-state index contributed by atoms with van der Waals surface area (Å²) in [4.78, 5) is 12.1. The van der Waals surface area contributed by atoms with Crippen LogP contribution >= 0.6 is 0 Å². The maximum atomic E-state index is 12.1. The van der Waals surface area contributed by atoms with Gasteiger partial charge in [0.2, 0.25) is 0 Å². The normalized spacial score (nSPS) is 25.7. The Balaban J connectivity index is 2.40. The third kappa shape index (κ3) is 7.91. The highest BCUT2D eigenvalue weighted by Crippen LogP contribution is 2.34. The summed E-state index contributed by atoms with van der Waals surface area (Å²) in [6.07, 6.45) is 12.7. The van der Waals surface area contributed by atoms with E-state index in [2.05, 4.69) is 6.92 Å². The van der Waals surface area contributed by atoms with Gasteiger partial charge in [-0.15, -0.1) is 0 Å². The van der Waals surface area contributed by atoms with Crippen LogP contribution in [0.5, 0.6) is 0 Å². The summed E-state index contributed by atoms with van der Waals surface area (Å²) >= 11 is 0. The molecule has 3 N–H and O–H groups in total. The van der Waals surface area contributed by atoms with Crippen molar-refractivity contribution in [1.29, 1.82) is 0 Å². The first kappa shape index (κ1) is 21.3. The SMILES string of the molecule is CCCCC[C@H](O)/C=C/[C@H]1C(=O)C[C@H](O)[C@@H]1CCCCCCCO. The van der Waals surface area contributed by atoms with Crippen LogP contribution < -0.4 is 0 Å². The van der Waals surface area contributed by atoms with E-state index in [-0.39, 0.29) is 30.6 Å². The van der Waals surface area contributed by atoms with Crippen LogP contribution in [0.15, 0.2) is 12.2 Å². The standard InChI is InChI=1S/C20H36O4/c1-2-3-7-10-16(22)12-13-18-17(19(23)15-20(18)24)11-8-5-4-6-9-14-21/h12-13,16-19,21-23H,2-11,14-15H2,1H3/b13-12+/t16-,17+,18+,19-/m0/s1. The lowest BCUT2D eigenvalue weighted by molar-refractivity contribution is -0.120. The third-order valence-electron chi connectivity index (χ3n) is 5.08. The van der Waals surface area contributed by atoms with Crippen molar-refractivity contribution < 1.29 is 20.1 Å². The summed E-state index contributed by atoms with van der Waals surface area (Å²) in [6, 6.07) is 0. The fourth-order valence-electron chi connectivity index (χ4n) is 3.56. The third-order valence-corrected chi connectivity index (χ3v) is 5.08. The zero-order chi connectivity index (χ0) is 17.8. The van der Waals surface area contributed by atoms with Gasteiger partial charge in [-0.3, -0.25) is 4.79 Å². The molecule has 4 atom stereocenters. The highest BCUT2D eigenvalue weighted by molar-refractivity contribution is 5.85. The lowest BCUT2D eigenvalue weighted by Gasteiger charge is -2.18. The van der Waals surface area contributed by atoms with Crippen molar-refractivity contribution in [2.24, 2.45) is 11.8 Å². The van der Waals surface area contributed by atoms with Crippen LogP contribution in [0.4, 0.5) is 0 Å². The Labute approximate surface area is 147 Å². The molecule has 0 saturated heterocycles. The van der Waals surface area contributed by atoms with E-state index in [0.29, 0.717) is 0 Å². The summed E-state index contributed by atoms with van der Waals surface area (Å²) < 4.78 is 0.